The van der Waals surface area contributed by atoms with Crippen molar-refractivity contribution in [2.45, 2.75) is 25.3 Å². The van der Waals surface area contributed by atoms with E-state index in [0.717, 1.165) is 0 Å². The van der Waals surface area contributed by atoms with Crippen molar-refractivity contribution in [2.24, 2.45) is 11.5 Å². The molecule has 0 aliphatic heterocycles. The standard InChI is InChI=1S/C6H16N2O8P2.2Mg.H2O4S.4H/c7-4-2-1-3-5(8)6(9)15-18(13,14)16-17(10,11)12;;;1-5(2,3)4;;;;/h5H,1-4,7-8H2,(H,13,14)(H2,10,11,12);;;(H2,1,2,3,4);;;;/t5-;;;;;;;/m0......./s1. The Kier molecular flexibility index (Phi) is 20.3. The molecule has 0 aromatic heterocycles. The van der Waals surface area contributed by atoms with Gasteiger partial charge in [0.05, 0.1) is 0 Å². The lowest BCUT2D eigenvalue weighted by atomic mass is 10.1. The first-order chi connectivity index (χ1) is 10.1. The van der Waals surface area contributed by atoms with Crippen LogP contribution < -0.4 is 11.5 Å². The third kappa shape index (κ3) is 30.1. The first-order valence-corrected chi connectivity index (χ1v) is 9.98. The molecule has 19 heteroatoms. The molecule has 0 saturated carbocycles. The summed E-state index contributed by atoms with van der Waals surface area (Å²) >= 11 is 0. The first kappa shape index (κ1) is 33.7. The van der Waals surface area contributed by atoms with Crippen molar-refractivity contribution in [3.8, 4) is 0 Å². The maximum atomic E-state index is 11.2. The number of hydrogen-bond donors (Lipinski definition) is 7. The molecule has 0 rings (SSSR count). The Balaban J connectivity index is -0.000000276. The van der Waals surface area contributed by atoms with Crippen molar-refractivity contribution < 1.29 is 55.0 Å². The molecule has 0 amide bonds. The average molecular weight is 457 g/mol. The van der Waals surface area contributed by atoms with Gasteiger partial charge >= 0.3 is 78.1 Å². The van der Waals surface area contributed by atoms with Crippen molar-refractivity contribution >= 4 is 78.1 Å². The molecule has 0 spiro atoms. The molecule has 0 heterocycles. The van der Waals surface area contributed by atoms with Gasteiger partial charge in [-0.2, -0.15) is 12.7 Å². The van der Waals surface area contributed by atoms with E-state index in [-0.39, 0.29) is 52.5 Å². The average Bonchev–Trinajstić information content (AvgIpc) is 2.22. The monoisotopic (exact) mass is 456 g/mol. The predicted octanol–water partition coefficient (Wildman–Crippen LogP) is -3.29. The van der Waals surface area contributed by atoms with Gasteiger partial charge in [-0.15, -0.1) is 0 Å². The number of nitrogens with two attached hydrogens (primary N) is 2. The topological polar surface area (TPSA) is 257 Å². The fourth-order valence-corrected chi connectivity index (χ4v) is 2.53. The Labute approximate surface area is 175 Å². The quantitative estimate of drug-likeness (QED) is 0.0816. The molecule has 0 bridgehead atoms. The molecule has 2 atom stereocenters. The second kappa shape index (κ2) is 15.1. The van der Waals surface area contributed by atoms with Gasteiger partial charge in [0.1, 0.15) is 6.04 Å². The summed E-state index contributed by atoms with van der Waals surface area (Å²) in [6.45, 7) is 0.404. The Morgan fingerprint density at radius 2 is 1.48 bits per heavy atom. The van der Waals surface area contributed by atoms with Crippen LogP contribution in [-0.4, -0.2) is 96.9 Å². The van der Waals surface area contributed by atoms with Crippen LogP contribution in [0.2, 0.25) is 0 Å². The van der Waals surface area contributed by atoms with E-state index in [9.17, 15) is 13.9 Å². The van der Waals surface area contributed by atoms with Crippen molar-refractivity contribution in [1.82, 2.24) is 0 Å². The maximum Gasteiger partial charge on any atom is 0.538 e. The second-order valence-electron chi connectivity index (χ2n) is 3.79. The van der Waals surface area contributed by atoms with Crippen molar-refractivity contribution in [2.75, 3.05) is 6.54 Å². The summed E-state index contributed by atoms with van der Waals surface area (Å²) in [4.78, 5) is 36.7. The van der Waals surface area contributed by atoms with E-state index >= 15 is 0 Å². The van der Waals surface area contributed by atoms with Crippen molar-refractivity contribution in [1.29, 1.82) is 0 Å². The van der Waals surface area contributed by atoms with Crippen LogP contribution >= 0.6 is 15.6 Å². The van der Waals surface area contributed by atoms with E-state index in [1.165, 1.54) is 0 Å². The normalized spacial score (nSPS) is 14.5. The van der Waals surface area contributed by atoms with Gasteiger partial charge in [-0.05, 0) is 19.4 Å². The van der Waals surface area contributed by atoms with Gasteiger partial charge in [-0.3, -0.25) is 14.0 Å². The number of phosphoric acid groups is 2. The first-order valence-electron chi connectivity index (χ1n) is 5.56. The minimum absolute atomic E-state index is 0. The van der Waals surface area contributed by atoms with Crippen LogP contribution in [0.25, 0.3) is 0 Å². The lowest BCUT2D eigenvalue weighted by Gasteiger charge is -2.15. The molecule has 14 nitrogen and oxygen atoms in total. The van der Waals surface area contributed by atoms with E-state index in [2.05, 4.69) is 8.83 Å². The molecule has 1 unspecified atom stereocenters. The van der Waals surface area contributed by atoms with Crippen LogP contribution in [0.4, 0.5) is 0 Å². The largest absolute Gasteiger partial charge is 0.538 e. The fourth-order valence-electron chi connectivity index (χ4n) is 0.959. The summed E-state index contributed by atoms with van der Waals surface area (Å²) < 4.78 is 60.2. The summed E-state index contributed by atoms with van der Waals surface area (Å²) in [7, 11) is -15.1. The van der Waals surface area contributed by atoms with Gasteiger partial charge < -0.3 is 25.8 Å². The SMILES string of the molecule is NCCCC[C@H](N)C(=O)OP(=O)(O)OP(=O)(O)O.O=S(=O)(O)O.[MgH2].[MgH2]. The van der Waals surface area contributed by atoms with E-state index in [1.54, 1.807) is 0 Å². The minimum atomic E-state index is -5.25. The highest BCUT2D eigenvalue weighted by Gasteiger charge is 2.36. The van der Waals surface area contributed by atoms with Crippen LogP contribution in [0.3, 0.4) is 0 Å². The van der Waals surface area contributed by atoms with Gasteiger partial charge in [0, 0.05) is 0 Å². The summed E-state index contributed by atoms with van der Waals surface area (Å²) in [6, 6.07) is -1.20. The molecule has 0 aromatic rings. The molecule has 0 aromatic carbocycles. The number of rotatable bonds is 8. The molecular formula is C6H22Mg2N2O12P2S. The molecule has 148 valence electrons. The Morgan fingerprint density at radius 1 is 1.08 bits per heavy atom. The highest BCUT2D eigenvalue weighted by atomic mass is 32.3. The molecule has 25 heavy (non-hydrogen) atoms. The zero-order chi connectivity index (χ0) is 18.9. The smallest absolute Gasteiger partial charge is 0.369 e. The molecule has 0 aliphatic rings. The molecular weight excluding hydrogens is 435 g/mol. The number of hydrogen-bond acceptors (Lipinski definition) is 9. The fraction of sp³-hybridized carbons (Fsp3) is 0.833. The second-order valence-corrected chi connectivity index (χ2v) is 7.44. The predicted molar refractivity (Wildman–Crippen MR) is 91.2 cm³/mol. The highest BCUT2D eigenvalue weighted by molar-refractivity contribution is 7.79. The maximum absolute atomic E-state index is 11.2. The van der Waals surface area contributed by atoms with Gasteiger partial charge in [0.2, 0.25) is 0 Å². The molecule has 0 fully saturated rings. The van der Waals surface area contributed by atoms with Crippen LogP contribution in [0.1, 0.15) is 19.3 Å². The molecule has 0 saturated heterocycles. The number of carbonyl (C=O) groups is 1. The number of unbranched alkanes of at least 4 members (excludes halogenated alkanes) is 1. The number of phosphoric ester groups is 1. The zero-order valence-corrected chi connectivity index (χ0v) is 14.1. The number of carbonyl (C=O) groups excluding carboxylic acids is 1. The van der Waals surface area contributed by atoms with Crippen LogP contribution in [-0.2, 0) is 33.2 Å². The molecule has 0 aliphatic carbocycles. The third-order valence-corrected chi connectivity index (χ3v) is 3.77. The third-order valence-electron chi connectivity index (χ3n) is 1.69. The van der Waals surface area contributed by atoms with Gasteiger partial charge in [-0.25, -0.2) is 13.9 Å². The summed E-state index contributed by atoms with van der Waals surface area (Å²) in [5.74, 6) is -1.29. The Bertz CT molecular complexity index is 560. The molecule has 0 radical (unpaired) electrons. The summed E-state index contributed by atoms with van der Waals surface area (Å²) in [5, 5.41) is 0. The lowest BCUT2D eigenvalue weighted by molar-refractivity contribution is -0.137. The summed E-state index contributed by atoms with van der Waals surface area (Å²) in [5.41, 5.74) is 10.5. The van der Waals surface area contributed by atoms with Crippen molar-refractivity contribution in [3.63, 3.8) is 0 Å². The summed E-state index contributed by atoms with van der Waals surface area (Å²) in [6.07, 6.45) is 1.27. The van der Waals surface area contributed by atoms with Crippen molar-refractivity contribution in [3.05, 3.63) is 0 Å². The van der Waals surface area contributed by atoms with E-state index < -0.39 is 38.1 Å². The Hall–Kier alpha value is 1.09. The van der Waals surface area contributed by atoms with Gasteiger partial charge in [-0.1, -0.05) is 6.42 Å². The van der Waals surface area contributed by atoms with Gasteiger partial charge in [0.25, 0.3) is 0 Å². The van der Waals surface area contributed by atoms with Gasteiger partial charge in [0.15, 0.2) is 0 Å². The van der Waals surface area contributed by atoms with Crippen LogP contribution in [0.15, 0.2) is 0 Å². The Morgan fingerprint density at radius 3 is 1.80 bits per heavy atom. The zero-order valence-electron chi connectivity index (χ0n) is 11.5. The minimum Gasteiger partial charge on any atom is -0.369 e. The van der Waals surface area contributed by atoms with E-state index in [1.807, 2.05) is 0 Å². The lowest BCUT2D eigenvalue weighted by Crippen LogP contribution is -2.31. The van der Waals surface area contributed by atoms with E-state index in [4.69, 9.17) is 43.7 Å². The van der Waals surface area contributed by atoms with Crippen LogP contribution in [0, 0.1) is 0 Å². The van der Waals surface area contributed by atoms with Crippen LogP contribution in [0.5, 0.6) is 0 Å². The highest BCUT2D eigenvalue weighted by Crippen LogP contribution is 2.57. The van der Waals surface area contributed by atoms with E-state index in [0.29, 0.717) is 19.4 Å². The molecule has 9 N–H and O–H groups in total.